The van der Waals surface area contributed by atoms with Crippen molar-refractivity contribution in [2.24, 2.45) is 0 Å². The zero-order valence-corrected chi connectivity index (χ0v) is 25.0. The molecule has 40 heavy (non-hydrogen) atoms. The normalized spacial score (nSPS) is 11.5. The van der Waals surface area contributed by atoms with E-state index >= 15 is 0 Å². The van der Waals surface area contributed by atoms with Gasteiger partial charge >= 0.3 is 12.0 Å². The molecule has 0 saturated carbocycles. The fraction of sp³-hybridized carbons (Fsp3) is 0.310. The number of carbonyl (C=O) groups is 2. The topological polar surface area (TPSA) is 97.3 Å². The molecule has 0 saturated heterocycles. The summed E-state index contributed by atoms with van der Waals surface area (Å²) in [6.45, 7) is 3.46. The summed E-state index contributed by atoms with van der Waals surface area (Å²) in [6.07, 6.45) is -0.0666. The van der Waals surface area contributed by atoms with E-state index in [1.54, 1.807) is 42.2 Å². The minimum absolute atomic E-state index is 0.258. The summed E-state index contributed by atoms with van der Waals surface area (Å²) >= 11 is 15.5. The summed E-state index contributed by atoms with van der Waals surface area (Å²) in [6, 6.07) is 19.2. The maximum Gasteiger partial charge on any atom is 0.333 e. The number of anilines is 1. The Morgan fingerprint density at radius 2 is 1.57 bits per heavy atom. The molecule has 0 heterocycles. The van der Waals surface area contributed by atoms with Gasteiger partial charge in [0.25, 0.3) is 0 Å². The summed E-state index contributed by atoms with van der Waals surface area (Å²) in [4.78, 5) is 26.1. The predicted molar refractivity (Wildman–Crippen MR) is 160 cm³/mol. The number of hydrogen-bond donors (Lipinski definition) is 2. The molecule has 214 valence electrons. The Bertz CT molecular complexity index is 1220. The average molecular weight is 654 g/mol. The van der Waals surface area contributed by atoms with Crippen LogP contribution in [0.5, 0.6) is 11.5 Å². The van der Waals surface area contributed by atoms with Crippen LogP contribution in [0.3, 0.4) is 0 Å². The number of carboxylic acid groups (broad SMARTS) is 1. The number of nitrogens with one attached hydrogen (secondary N) is 1. The molecule has 2 amide bonds. The lowest BCUT2D eigenvalue weighted by molar-refractivity contribution is -0.149. The quantitative estimate of drug-likeness (QED) is 0.169. The molecule has 1 atom stereocenters. The maximum absolute atomic E-state index is 13.1. The van der Waals surface area contributed by atoms with Gasteiger partial charge in [0.15, 0.2) is 6.10 Å². The van der Waals surface area contributed by atoms with E-state index in [-0.39, 0.29) is 19.1 Å². The number of carbonyl (C=O) groups excluding carboxylic acids is 1. The SMILES string of the molecule is CCOC(Cc1ccc(OCCN(CCCOc2cc(Cl)cc(Cl)c2)C(=O)Nc2ccc(Br)cc2)cc1)C(=O)O. The first-order valence-corrected chi connectivity index (χ1v) is 14.2. The van der Waals surface area contributed by atoms with Crippen molar-refractivity contribution in [3.8, 4) is 11.5 Å². The van der Waals surface area contributed by atoms with E-state index in [0.29, 0.717) is 60.0 Å². The zero-order valence-electron chi connectivity index (χ0n) is 21.9. The van der Waals surface area contributed by atoms with Gasteiger partial charge in [0.2, 0.25) is 0 Å². The van der Waals surface area contributed by atoms with Crippen molar-refractivity contribution in [1.29, 1.82) is 0 Å². The fourth-order valence-electron chi connectivity index (χ4n) is 3.74. The van der Waals surface area contributed by atoms with Gasteiger partial charge in [0.1, 0.15) is 18.1 Å². The van der Waals surface area contributed by atoms with Crippen LogP contribution in [-0.2, 0) is 16.0 Å². The molecular formula is C29H31BrCl2N2O6. The molecule has 0 aliphatic heterocycles. The molecule has 1 unspecified atom stereocenters. The second-order valence-corrected chi connectivity index (χ2v) is 10.5. The van der Waals surface area contributed by atoms with Gasteiger partial charge in [0.05, 0.1) is 13.2 Å². The smallest absolute Gasteiger partial charge is 0.333 e. The van der Waals surface area contributed by atoms with E-state index < -0.39 is 12.1 Å². The van der Waals surface area contributed by atoms with Crippen molar-refractivity contribution in [3.63, 3.8) is 0 Å². The van der Waals surface area contributed by atoms with E-state index in [2.05, 4.69) is 21.2 Å². The van der Waals surface area contributed by atoms with Crippen molar-refractivity contribution >= 4 is 56.8 Å². The number of benzene rings is 3. The molecule has 0 bridgehead atoms. The van der Waals surface area contributed by atoms with Crippen LogP contribution in [0.25, 0.3) is 0 Å². The van der Waals surface area contributed by atoms with E-state index in [1.807, 2.05) is 36.4 Å². The van der Waals surface area contributed by atoms with Crippen LogP contribution in [0.2, 0.25) is 10.0 Å². The standard InChI is InChI=1S/C29H31BrCl2N2O6/c1-2-38-27(28(35)36)16-20-4-10-25(11-5-20)40-15-13-34(29(37)33-24-8-6-21(30)7-9-24)12-3-14-39-26-18-22(31)17-23(32)19-26/h4-11,17-19,27H,2-3,12-16H2,1H3,(H,33,37)(H,35,36). The number of rotatable bonds is 15. The highest BCUT2D eigenvalue weighted by Gasteiger charge is 2.18. The van der Waals surface area contributed by atoms with Crippen molar-refractivity contribution in [3.05, 3.63) is 86.8 Å². The molecule has 3 aromatic rings. The Hall–Kier alpha value is -2.98. The van der Waals surface area contributed by atoms with E-state index in [0.717, 1.165) is 10.0 Å². The van der Waals surface area contributed by atoms with Gasteiger partial charge in [0, 0.05) is 39.8 Å². The molecule has 8 nitrogen and oxygen atoms in total. The molecule has 2 N–H and O–H groups in total. The van der Waals surface area contributed by atoms with Gasteiger partial charge in [-0.3, -0.25) is 0 Å². The van der Waals surface area contributed by atoms with Crippen LogP contribution >= 0.6 is 39.1 Å². The number of hydrogen-bond acceptors (Lipinski definition) is 5. The lowest BCUT2D eigenvalue weighted by Crippen LogP contribution is -2.39. The first-order chi connectivity index (χ1) is 19.2. The third-order valence-corrected chi connectivity index (χ3v) is 6.64. The molecule has 3 rings (SSSR count). The van der Waals surface area contributed by atoms with Crippen molar-refractivity contribution in [2.45, 2.75) is 25.9 Å². The molecule has 0 aliphatic rings. The predicted octanol–water partition coefficient (Wildman–Crippen LogP) is 7.17. The molecule has 0 radical (unpaired) electrons. The van der Waals surface area contributed by atoms with E-state index in [1.165, 1.54) is 0 Å². The van der Waals surface area contributed by atoms with Crippen LogP contribution in [0.1, 0.15) is 18.9 Å². The number of carboxylic acids is 1. The molecule has 0 aromatic heterocycles. The van der Waals surface area contributed by atoms with Gasteiger partial charge in [-0.15, -0.1) is 0 Å². The van der Waals surface area contributed by atoms with E-state index in [9.17, 15) is 14.7 Å². The summed E-state index contributed by atoms with van der Waals surface area (Å²) in [5, 5.41) is 13.2. The third kappa shape index (κ3) is 10.9. The maximum atomic E-state index is 13.1. The fourth-order valence-corrected chi connectivity index (χ4v) is 4.51. The van der Waals surface area contributed by atoms with Crippen molar-refractivity contribution in [2.75, 3.05) is 38.2 Å². The van der Waals surface area contributed by atoms with Gasteiger partial charge in [-0.1, -0.05) is 51.3 Å². The lowest BCUT2D eigenvalue weighted by Gasteiger charge is -2.23. The van der Waals surface area contributed by atoms with Crippen LogP contribution in [0, 0.1) is 0 Å². The Balaban J connectivity index is 1.55. The molecule has 3 aromatic carbocycles. The largest absolute Gasteiger partial charge is 0.493 e. The first kappa shape index (κ1) is 31.5. The number of aliphatic carboxylic acids is 1. The Morgan fingerprint density at radius 1 is 0.925 bits per heavy atom. The molecule has 0 fully saturated rings. The summed E-state index contributed by atoms with van der Waals surface area (Å²) < 4.78 is 17.8. The van der Waals surface area contributed by atoms with Crippen LogP contribution in [0.15, 0.2) is 71.2 Å². The van der Waals surface area contributed by atoms with Crippen molar-refractivity contribution < 1.29 is 28.9 Å². The number of ether oxygens (including phenoxy) is 3. The Labute approximate surface area is 252 Å². The highest BCUT2D eigenvalue weighted by molar-refractivity contribution is 9.10. The molecule has 0 aliphatic carbocycles. The number of halogens is 3. The zero-order chi connectivity index (χ0) is 28.9. The van der Waals surface area contributed by atoms with Gasteiger partial charge in [-0.25, -0.2) is 9.59 Å². The number of urea groups is 1. The summed E-state index contributed by atoms with van der Waals surface area (Å²) in [7, 11) is 0. The Morgan fingerprint density at radius 3 is 2.20 bits per heavy atom. The van der Waals surface area contributed by atoms with Gasteiger partial charge < -0.3 is 29.5 Å². The van der Waals surface area contributed by atoms with Crippen LogP contribution < -0.4 is 14.8 Å². The third-order valence-electron chi connectivity index (χ3n) is 5.68. The summed E-state index contributed by atoms with van der Waals surface area (Å²) in [5.74, 6) is 0.179. The van der Waals surface area contributed by atoms with Crippen LogP contribution in [0.4, 0.5) is 10.5 Å². The second-order valence-electron chi connectivity index (χ2n) is 8.71. The second kappa shape index (κ2) is 16.3. The monoisotopic (exact) mass is 652 g/mol. The molecular weight excluding hydrogens is 623 g/mol. The summed E-state index contributed by atoms with van der Waals surface area (Å²) in [5.41, 5.74) is 1.50. The molecule has 0 spiro atoms. The van der Waals surface area contributed by atoms with Crippen molar-refractivity contribution in [1.82, 2.24) is 4.90 Å². The minimum atomic E-state index is -0.995. The first-order valence-electron chi connectivity index (χ1n) is 12.7. The Kier molecular flexibility index (Phi) is 12.9. The average Bonchev–Trinajstić information content (AvgIpc) is 2.91. The minimum Gasteiger partial charge on any atom is -0.493 e. The van der Waals surface area contributed by atoms with Gasteiger partial charge in [-0.05, 0) is 73.5 Å². The number of nitrogens with zero attached hydrogens (tertiary/aromatic N) is 1. The number of amides is 2. The molecule has 11 heteroatoms. The van der Waals surface area contributed by atoms with Crippen LogP contribution in [-0.4, -0.2) is 61.0 Å². The van der Waals surface area contributed by atoms with E-state index in [4.69, 9.17) is 37.4 Å². The highest BCUT2D eigenvalue weighted by atomic mass is 79.9. The van der Waals surface area contributed by atoms with Gasteiger partial charge in [-0.2, -0.15) is 0 Å². The lowest BCUT2D eigenvalue weighted by atomic mass is 10.1. The highest BCUT2D eigenvalue weighted by Crippen LogP contribution is 2.24.